The fraction of sp³-hybridized carbons (Fsp3) is 0.571. The molecule has 0 amide bonds. The van der Waals surface area contributed by atoms with Crippen LogP contribution in [-0.4, -0.2) is 67.9 Å². The SMILES string of the molecule is Cc1nn([C@H](C)c2ccc(Cl)cc2Cl)c2nc(N3CC[C@@H](N4CCC[C@@H](CCC(=O)O)C4)[C@@H](C)C3)cnc12. The van der Waals surface area contributed by atoms with E-state index in [2.05, 4.69) is 23.6 Å². The third-order valence-electron chi connectivity index (χ3n) is 8.31. The predicted octanol–water partition coefficient (Wildman–Crippen LogP) is 5.84. The van der Waals surface area contributed by atoms with Crippen LogP contribution in [0.3, 0.4) is 0 Å². The number of hydrogen-bond donors (Lipinski definition) is 1. The Hall–Kier alpha value is -2.42. The first kappa shape index (κ1) is 27.2. The minimum absolute atomic E-state index is 0.127. The normalized spacial score (nSPS) is 23.6. The molecule has 5 rings (SSSR count). The Kier molecular flexibility index (Phi) is 8.12. The molecule has 1 aromatic carbocycles. The lowest BCUT2D eigenvalue weighted by molar-refractivity contribution is -0.137. The first-order valence-corrected chi connectivity index (χ1v) is 14.3. The Labute approximate surface area is 233 Å². The summed E-state index contributed by atoms with van der Waals surface area (Å²) >= 11 is 12.6. The zero-order valence-electron chi connectivity index (χ0n) is 22.3. The summed E-state index contributed by atoms with van der Waals surface area (Å²) in [6.45, 7) is 10.3. The van der Waals surface area contributed by atoms with Gasteiger partial charge in [-0.25, -0.2) is 14.6 Å². The molecule has 4 heterocycles. The average Bonchev–Trinajstić information content (AvgIpc) is 3.23. The number of carbonyl (C=O) groups is 1. The number of likely N-dealkylation sites (tertiary alicyclic amines) is 1. The van der Waals surface area contributed by atoms with Crippen molar-refractivity contribution in [2.24, 2.45) is 11.8 Å². The second-order valence-corrected chi connectivity index (χ2v) is 11.8. The highest BCUT2D eigenvalue weighted by molar-refractivity contribution is 6.35. The number of aryl methyl sites for hydroxylation is 1. The van der Waals surface area contributed by atoms with Gasteiger partial charge in [-0.05, 0) is 75.6 Å². The van der Waals surface area contributed by atoms with Gasteiger partial charge in [-0.3, -0.25) is 9.69 Å². The molecular formula is C28H36Cl2N6O2. The molecule has 2 fully saturated rings. The topological polar surface area (TPSA) is 87.4 Å². The largest absolute Gasteiger partial charge is 0.481 e. The Bertz CT molecular complexity index is 1310. The third kappa shape index (κ3) is 5.63. The van der Waals surface area contributed by atoms with Crippen LogP contribution in [0.4, 0.5) is 5.82 Å². The lowest BCUT2D eigenvalue weighted by Gasteiger charge is -2.46. The molecule has 4 atom stereocenters. The second-order valence-electron chi connectivity index (χ2n) is 11.0. The summed E-state index contributed by atoms with van der Waals surface area (Å²) < 4.78 is 1.91. The first-order valence-electron chi connectivity index (χ1n) is 13.6. The Morgan fingerprint density at radius 2 is 2.03 bits per heavy atom. The fourth-order valence-corrected chi connectivity index (χ4v) is 6.85. The zero-order valence-corrected chi connectivity index (χ0v) is 23.8. The summed E-state index contributed by atoms with van der Waals surface area (Å²) in [5, 5.41) is 15.1. The van der Waals surface area contributed by atoms with E-state index in [0.717, 1.165) is 80.1 Å². The van der Waals surface area contributed by atoms with Gasteiger partial charge in [-0.1, -0.05) is 36.2 Å². The van der Waals surface area contributed by atoms with Gasteiger partial charge in [0.25, 0.3) is 0 Å². The molecule has 2 aliphatic heterocycles. The zero-order chi connectivity index (χ0) is 27.0. The lowest BCUT2D eigenvalue weighted by atomic mass is 9.87. The number of rotatable bonds is 7. The number of halogens is 2. The number of anilines is 1. The Balaban J connectivity index is 1.32. The van der Waals surface area contributed by atoms with Crippen LogP contribution < -0.4 is 4.90 Å². The van der Waals surface area contributed by atoms with Crippen LogP contribution in [0, 0.1) is 18.8 Å². The van der Waals surface area contributed by atoms with E-state index in [-0.39, 0.29) is 12.5 Å². The van der Waals surface area contributed by atoms with Crippen molar-refractivity contribution in [1.82, 2.24) is 24.6 Å². The van der Waals surface area contributed by atoms with Crippen LogP contribution in [-0.2, 0) is 4.79 Å². The molecule has 3 aromatic rings. The second kappa shape index (κ2) is 11.4. The van der Waals surface area contributed by atoms with Crippen molar-refractivity contribution in [2.75, 3.05) is 31.1 Å². The van der Waals surface area contributed by atoms with Crippen molar-refractivity contribution in [3.05, 3.63) is 45.7 Å². The molecule has 0 aliphatic carbocycles. The number of piperidine rings is 2. The molecule has 0 spiro atoms. The number of carboxylic acids is 1. The van der Waals surface area contributed by atoms with E-state index in [1.807, 2.05) is 29.9 Å². The molecule has 204 valence electrons. The van der Waals surface area contributed by atoms with Gasteiger partial charge in [0.05, 0.1) is 17.9 Å². The molecule has 2 saturated heterocycles. The Morgan fingerprint density at radius 1 is 1.21 bits per heavy atom. The van der Waals surface area contributed by atoms with Crippen molar-refractivity contribution in [2.45, 2.75) is 65.0 Å². The van der Waals surface area contributed by atoms with Gasteiger partial charge in [-0.2, -0.15) is 5.10 Å². The van der Waals surface area contributed by atoms with E-state index in [4.69, 9.17) is 43.4 Å². The number of benzene rings is 1. The molecule has 2 aliphatic rings. The standard InChI is InChI=1S/C28H36Cl2N6O2/c1-17-15-35(12-10-24(17)34-11-4-5-20(16-34)6-9-26(37)38)25-14-31-27-18(2)33-36(28(27)32-25)19(3)22-8-7-21(29)13-23(22)30/h7-8,13-14,17,19-20,24H,4-6,9-12,15-16H2,1-3H3,(H,37,38)/t17-,19+,20-,24+/m0/s1. The molecule has 8 nitrogen and oxygen atoms in total. The summed E-state index contributed by atoms with van der Waals surface area (Å²) in [7, 11) is 0. The van der Waals surface area contributed by atoms with Crippen LogP contribution in [0.25, 0.3) is 11.2 Å². The highest BCUT2D eigenvalue weighted by atomic mass is 35.5. The van der Waals surface area contributed by atoms with Crippen molar-refractivity contribution in [1.29, 1.82) is 0 Å². The van der Waals surface area contributed by atoms with Gasteiger partial charge in [0.1, 0.15) is 11.3 Å². The van der Waals surface area contributed by atoms with Gasteiger partial charge in [-0.15, -0.1) is 0 Å². The van der Waals surface area contributed by atoms with E-state index < -0.39 is 5.97 Å². The number of carboxylic acid groups (broad SMARTS) is 1. The van der Waals surface area contributed by atoms with Crippen molar-refractivity contribution in [3.63, 3.8) is 0 Å². The molecule has 0 radical (unpaired) electrons. The summed E-state index contributed by atoms with van der Waals surface area (Å²) in [6.07, 6.45) is 6.27. The maximum atomic E-state index is 11.0. The van der Waals surface area contributed by atoms with E-state index in [1.54, 1.807) is 6.07 Å². The molecule has 10 heteroatoms. The van der Waals surface area contributed by atoms with E-state index >= 15 is 0 Å². The van der Waals surface area contributed by atoms with Crippen molar-refractivity contribution in [3.8, 4) is 0 Å². The van der Waals surface area contributed by atoms with E-state index in [1.165, 1.54) is 0 Å². The smallest absolute Gasteiger partial charge is 0.303 e. The third-order valence-corrected chi connectivity index (χ3v) is 8.87. The van der Waals surface area contributed by atoms with E-state index in [0.29, 0.717) is 27.9 Å². The highest BCUT2D eigenvalue weighted by Gasteiger charge is 2.34. The molecule has 0 saturated carbocycles. The summed E-state index contributed by atoms with van der Waals surface area (Å²) in [5.74, 6) is 1.14. The molecule has 0 bridgehead atoms. The van der Waals surface area contributed by atoms with Crippen LogP contribution in [0.2, 0.25) is 10.0 Å². The molecular weight excluding hydrogens is 523 g/mol. The van der Waals surface area contributed by atoms with Crippen LogP contribution in [0.15, 0.2) is 24.4 Å². The van der Waals surface area contributed by atoms with Gasteiger partial charge in [0.15, 0.2) is 5.65 Å². The maximum Gasteiger partial charge on any atom is 0.303 e. The van der Waals surface area contributed by atoms with E-state index in [9.17, 15) is 4.79 Å². The first-order chi connectivity index (χ1) is 18.2. The number of aromatic nitrogens is 4. The van der Waals surface area contributed by atoms with Crippen LogP contribution >= 0.6 is 23.2 Å². The quantitative estimate of drug-likeness (QED) is 0.389. The number of fused-ring (bicyclic) bond motifs is 1. The van der Waals surface area contributed by atoms with Gasteiger partial charge >= 0.3 is 5.97 Å². The molecule has 0 unspecified atom stereocenters. The van der Waals surface area contributed by atoms with Gasteiger partial charge in [0.2, 0.25) is 0 Å². The summed E-state index contributed by atoms with van der Waals surface area (Å²) in [4.78, 5) is 25.8. The highest BCUT2D eigenvalue weighted by Crippen LogP contribution is 2.33. The molecule has 2 aromatic heterocycles. The number of nitrogens with zero attached hydrogens (tertiary/aromatic N) is 6. The monoisotopic (exact) mass is 558 g/mol. The van der Waals surface area contributed by atoms with Gasteiger partial charge < -0.3 is 10.0 Å². The van der Waals surface area contributed by atoms with Crippen LogP contribution in [0.1, 0.15) is 63.3 Å². The Morgan fingerprint density at radius 3 is 2.76 bits per heavy atom. The van der Waals surface area contributed by atoms with Gasteiger partial charge in [0, 0.05) is 42.1 Å². The van der Waals surface area contributed by atoms with Crippen LogP contribution in [0.5, 0.6) is 0 Å². The lowest BCUT2D eigenvalue weighted by Crippen LogP contribution is -2.53. The maximum absolute atomic E-state index is 11.0. The fourth-order valence-electron chi connectivity index (χ4n) is 6.28. The molecule has 38 heavy (non-hydrogen) atoms. The number of aliphatic carboxylic acids is 1. The predicted molar refractivity (Wildman–Crippen MR) is 151 cm³/mol. The minimum Gasteiger partial charge on any atom is -0.481 e. The molecule has 1 N–H and O–H groups in total. The summed E-state index contributed by atoms with van der Waals surface area (Å²) in [6, 6.07) is 5.92. The summed E-state index contributed by atoms with van der Waals surface area (Å²) in [5.41, 5.74) is 3.33. The minimum atomic E-state index is -0.691. The van der Waals surface area contributed by atoms with Crippen molar-refractivity contribution < 1.29 is 9.90 Å². The average molecular weight is 560 g/mol. The van der Waals surface area contributed by atoms with Crippen molar-refractivity contribution >= 4 is 46.2 Å². The number of hydrogen-bond acceptors (Lipinski definition) is 6.